The van der Waals surface area contributed by atoms with Crippen LogP contribution in [0.3, 0.4) is 0 Å². The van der Waals surface area contributed by atoms with Gasteiger partial charge in [-0.3, -0.25) is 14.6 Å². The molecule has 5 rings (SSSR count). The van der Waals surface area contributed by atoms with E-state index in [1.165, 1.54) is 17.0 Å². The summed E-state index contributed by atoms with van der Waals surface area (Å²) >= 11 is 0. The summed E-state index contributed by atoms with van der Waals surface area (Å²) in [4.78, 5) is 31.1. The van der Waals surface area contributed by atoms with Gasteiger partial charge in [0.25, 0.3) is 5.91 Å². The first-order valence-electron chi connectivity index (χ1n) is 11.6. The summed E-state index contributed by atoms with van der Waals surface area (Å²) in [6.45, 7) is 5.70. The van der Waals surface area contributed by atoms with Gasteiger partial charge in [-0.15, -0.1) is 0 Å². The highest BCUT2D eigenvalue weighted by molar-refractivity contribution is 5.95. The Bertz CT molecular complexity index is 1060. The van der Waals surface area contributed by atoms with Gasteiger partial charge in [0.1, 0.15) is 18.2 Å². The van der Waals surface area contributed by atoms with Gasteiger partial charge >= 0.3 is 6.09 Å². The van der Waals surface area contributed by atoms with Gasteiger partial charge in [0.2, 0.25) is 0 Å². The highest BCUT2D eigenvalue weighted by Crippen LogP contribution is 2.35. The molecule has 0 N–H and O–H groups in total. The fourth-order valence-electron chi connectivity index (χ4n) is 4.72. The predicted octanol–water partition coefficient (Wildman–Crippen LogP) is 2.78. The van der Waals surface area contributed by atoms with Crippen molar-refractivity contribution in [2.75, 3.05) is 64.0 Å². The van der Waals surface area contributed by atoms with E-state index in [0.717, 1.165) is 32.8 Å². The fourth-order valence-corrected chi connectivity index (χ4v) is 4.72. The maximum Gasteiger partial charge on any atom is 0.415 e. The number of rotatable bonds is 6. The lowest BCUT2D eigenvalue weighted by Gasteiger charge is -2.26. The van der Waals surface area contributed by atoms with Gasteiger partial charge in [0.15, 0.2) is 5.60 Å². The second-order valence-corrected chi connectivity index (χ2v) is 8.92. The van der Waals surface area contributed by atoms with Crippen LogP contribution < -0.4 is 9.64 Å². The molecular formula is C25H28FN3O5. The zero-order chi connectivity index (χ0) is 23.5. The molecule has 3 fully saturated rings. The van der Waals surface area contributed by atoms with Crippen LogP contribution >= 0.6 is 0 Å². The number of anilines is 1. The number of likely N-dealkylation sites (tertiary alicyclic amines) is 1. The minimum atomic E-state index is -0.786. The van der Waals surface area contributed by atoms with Gasteiger partial charge in [-0.1, -0.05) is 12.1 Å². The molecule has 2 amide bonds. The standard InChI is InChI=1S/C25H28FN3O5/c26-20-4-2-5-21(16-20)29-18-25(34-24(29)31)7-8-28(17-25)23(30)19-3-1-6-22(15-19)33-14-11-27-9-12-32-13-10-27/h1-6,15-16H,7-14,17-18H2. The van der Waals surface area contributed by atoms with Crippen molar-refractivity contribution in [1.82, 2.24) is 9.80 Å². The summed E-state index contributed by atoms with van der Waals surface area (Å²) in [5.41, 5.74) is 0.200. The molecule has 0 radical (unpaired) electrons. The van der Waals surface area contributed by atoms with E-state index in [-0.39, 0.29) is 12.5 Å². The Morgan fingerprint density at radius 2 is 1.88 bits per heavy atom. The van der Waals surface area contributed by atoms with Crippen molar-refractivity contribution in [3.8, 4) is 5.75 Å². The first kappa shape index (κ1) is 22.6. The second-order valence-electron chi connectivity index (χ2n) is 8.92. The summed E-state index contributed by atoms with van der Waals surface area (Å²) in [6.07, 6.45) is 0.0158. The SMILES string of the molecule is O=C(c1cccc(OCCN2CCOCC2)c1)N1CCC2(C1)CN(c1cccc(F)c1)C(=O)O2. The third kappa shape index (κ3) is 4.85. The maximum atomic E-state index is 13.6. The van der Waals surface area contributed by atoms with Crippen LogP contribution in [0.4, 0.5) is 14.9 Å². The normalized spacial score (nSPS) is 22.9. The molecule has 9 heteroatoms. The van der Waals surface area contributed by atoms with Gasteiger partial charge in [-0.05, 0) is 36.4 Å². The molecule has 2 aromatic rings. The number of carbonyl (C=O) groups is 2. The Morgan fingerprint density at radius 3 is 2.71 bits per heavy atom. The van der Waals surface area contributed by atoms with E-state index in [2.05, 4.69) is 4.90 Å². The Morgan fingerprint density at radius 1 is 1.06 bits per heavy atom. The molecule has 1 unspecified atom stereocenters. The number of amides is 2. The van der Waals surface area contributed by atoms with E-state index in [9.17, 15) is 14.0 Å². The number of hydrogen-bond donors (Lipinski definition) is 0. The van der Waals surface area contributed by atoms with E-state index >= 15 is 0 Å². The molecule has 3 heterocycles. The van der Waals surface area contributed by atoms with Crippen molar-refractivity contribution in [3.63, 3.8) is 0 Å². The third-order valence-corrected chi connectivity index (χ3v) is 6.55. The Balaban J connectivity index is 1.19. The molecule has 0 saturated carbocycles. The van der Waals surface area contributed by atoms with Crippen molar-refractivity contribution in [1.29, 1.82) is 0 Å². The van der Waals surface area contributed by atoms with E-state index < -0.39 is 17.5 Å². The van der Waals surface area contributed by atoms with E-state index in [4.69, 9.17) is 14.2 Å². The van der Waals surface area contributed by atoms with Crippen LogP contribution in [0.2, 0.25) is 0 Å². The van der Waals surface area contributed by atoms with Crippen molar-refractivity contribution in [2.24, 2.45) is 0 Å². The minimum Gasteiger partial charge on any atom is -0.492 e. The average molecular weight is 470 g/mol. The number of hydrogen-bond acceptors (Lipinski definition) is 6. The monoisotopic (exact) mass is 469 g/mol. The molecular weight excluding hydrogens is 441 g/mol. The zero-order valence-electron chi connectivity index (χ0n) is 19.0. The van der Waals surface area contributed by atoms with Crippen LogP contribution in [0.1, 0.15) is 16.8 Å². The van der Waals surface area contributed by atoms with Crippen molar-refractivity contribution in [2.45, 2.75) is 12.0 Å². The Labute approximate surface area is 197 Å². The molecule has 0 bridgehead atoms. The molecule has 34 heavy (non-hydrogen) atoms. The lowest BCUT2D eigenvalue weighted by Crippen LogP contribution is -2.39. The number of nitrogens with zero attached hydrogens (tertiary/aromatic N) is 3. The fraction of sp³-hybridized carbons (Fsp3) is 0.440. The van der Waals surface area contributed by atoms with E-state index in [0.29, 0.717) is 43.1 Å². The van der Waals surface area contributed by atoms with Crippen molar-refractivity contribution < 1.29 is 28.2 Å². The van der Waals surface area contributed by atoms with E-state index in [1.54, 1.807) is 29.2 Å². The summed E-state index contributed by atoms with van der Waals surface area (Å²) in [5.74, 6) is 0.106. The molecule has 8 nitrogen and oxygen atoms in total. The van der Waals surface area contributed by atoms with Crippen LogP contribution in [-0.2, 0) is 9.47 Å². The topological polar surface area (TPSA) is 71.5 Å². The first-order valence-corrected chi connectivity index (χ1v) is 11.6. The second kappa shape index (κ2) is 9.60. The van der Waals surface area contributed by atoms with E-state index in [1.807, 2.05) is 12.1 Å². The largest absolute Gasteiger partial charge is 0.492 e. The summed E-state index contributed by atoms with van der Waals surface area (Å²) in [7, 11) is 0. The smallest absolute Gasteiger partial charge is 0.415 e. The first-order chi connectivity index (χ1) is 16.5. The molecule has 0 aromatic heterocycles. The quantitative estimate of drug-likeness (QED) is 0.648. The molecule has 3 aliphatic heterocycles. The lowest BCUT2D eigenvalue weighted by atomic mass is 10.0. The molecule has 2 aromatic carbocycles. The van der Waals surface area contributed by atoms with Crippen LogP contribution in [-0.4, -0.2) is 86.5 Å². The molecule has 0 aliphatic carbocycles. The Hall–Kier alpha value is -3.17. The summed E-state index contributed by atoms with van der Waals surface area (Å²) in [5, 5.41) is 0. The molecule has 3 saturated heterocycles. The number of benzene rings is 2. The minimum absolute atomic E-state index is 0.129. The van der Waals surface area contributed by atoms with Gasteiger partial charge in [0, 0.05) is 38.2 Å². The highest BCUT2D eigenvalue weighted by Gasteiger charge is 2.51. The summed E-state index contributed by atoms with van der Waals surface area (Å²) in [6, 6.07) is 13.0. The maximum absolute atomic E-state index is 13.6. The van der Waals surface area contributed by atoms with Crippen LogP contribution in [0.5, 0.6) is 5.75 Å². The van der Waals surface area contributed by atoms with Crippen LogP contribution in [0, 0.1) is 5.82 Å². The van der Waals surface area contributed by atoms with Crippen LogP contribution in [0.25, 0.3) is 0 Å². The third-order valence-electron chi connectivity index (χ3n) is 6.55. The van der Waals surface area contributed by atoms with Gasteiger partial charge in [-0.2, -0.15) is 0 Å². The van der Waals surface area contributed by atoms with Gasteiger partial charge in [-0.25, -0.2) is 9.18 Å². The van der Waals surface area contributed by atoms with Gasteiger partial charge in [0.05, 0.1) is 32.0 Å². The predicted molar refractivity (Wildman–Crippen MR) is 123 cm³/mol. The molecule has 1 atom stereocenters. The van der Waals surface area contributed by atoms with Crippen LogP contribution in [0.15, 0.2) is 48.5 Å². The number of carbonyl (C=O) groups excluding carboxylic acids is 2. The van der Waals surface area contributed by atoms with Gasteiger partial charge < -0.3 is 19.1 Å². The number of morpholine rings is 1. The zero-order valence-corrected chi connectivity index (χ0v) is 19.0. The van der Waals surface area contributed by atoms with Crippen molar-refractivity contribution in [3.05, 3.63) is 59.9 Å². The highest BCUT2D eigenvalue weighted by atomic mass is 19.1. The molecule has 3 aliphatic rings. The number of halogens is 1. The Kier molecular flexibility index (Phi) is 6.38. The van der Waals surface area contributed by atoms with Crippen molar-refractivity contribution >= 4 is 17.7 Å². The molecule has 1 spiro atoms. The average Bonchev–Trinajstić information content (AvgIpc) is 3.41. The number of ether oxygens (including phenoxy) is 3. The summed E-state index contributed by atoms with van der Waals surface area (Å²) < 4.78 is 30.6. The lowest BCUT2D eigenvalue weighted by molar-refractivity contribution is 0.0322. The molecule has 180 valence electrons.